The molecular formula is C11H8F4O2. The molecule has 1 saturated heterocycles. The first-order chi connectivity index (χ1) is 7.88. The second-order valence-corrected chi connectivity index (χ2v) is 3.81. The summed E-state index contributed by atoms with van der Waals surface area (Å²) in [6.07, 6.45) is -7.08. The lowest BCUT2D eigenvalue weighted by atomic mass is 9.92. The Labute approximate surface area is 94.2 Å². The van der Waals surface area contributed by atoms with E-state index in [1.807, 2.05) is 0 Å². The Kier molecular flexibility index (Phi) is 2.81. The summed E-state index contributed by atoms with van der Waals surface area (Å²) >= 11 is 0. The highest BCUT2D eigenvalue weighted by atomic mass is 19.4. The largest absolute Gasteiger partial charge is 0.452 e. The van der Waals surface area contributed by atoms with Gasteiger partial charge in [-0.05, 0) is 17.7 Å². The summed E-state index contributed by atoms with van der Waals surface area (Å²) in [5.41, 5.74) is 0.250. The van der Waals surface area contributed by atoms with Gasteiger partial charge in [0, 0.05) is 5.92 Å². The Morgan fingerprint density at radius 3 is 2.29 bits per heavy atom. The van der Waals surface area contributed by atoms with E-state index in [1.54, 1.807) is 0 Å². The van der Waals surface area contributed by atoms with E-state index < -0.39 is 30.0 Å². The molecule has 2 unspecified atom stereocenters. The van der Waals surface area contributed by atoms with Gasteiger partial charge in [-0.1, -0.05) is 12.1 Å². The van der Waals surface area contributed by atoms with Gasteiger partial charge in [-0.25, -0.2) is 4.39 Å². The van der Waals surface area contributed by atoms with Crippen molar-refractivity contribution >= 4 is 5.97 Å². The molecule has 92 valence electrons. The predicted molar refractivity (Wildman–Crippen MR) is 49.7 cm³/mol. The summed E-state index contributed by atoms with van der Waals surface area (Å²) < 4.78 is 54.7. The summed E-state index contributed by atoms with van der Waals surface area (Å²) in [4.78, 5) is 11.0. The van der Waals surface area contributed by atoms with Crippen molar-refractivity contribution in [3.8, 4) is 0 Å². The molecule has 1 aliphatic rings. The Morgan fingerprint density at radius 1 is 1.18 bits per heavy atom. The maximum atomic E-state index is 12.7. The van der Waals surface area contributed by atoms with Crippen LogP contribution in [0.3, 0.4) is 0 Å². The van der Waals surface area contributed by atoms with Crippen molar-refractivity contribution in [3.63, 3.8) is 0 Å². The van der Waals surface area contributed by atoms with Gasteiger partial charge in [0.25, 0.3) is 0 Å². The maximum absolute atomic E-state index is 12.7. The average molecular weight is 248 g/mol. The van der Waals surface area contributed by atoms with Crippen LogP contribution in [0.25, 0.3) is 0 Å². The van der Waals surface area contributed by atoms with Crippen molar-refractivity contribution in [2.75, 3.05) is 0 Å². The number of carbonyl (C=O) groups excluding carboxylic acids is 1. The standard InChI is InChI=1S/C11H8F4O2/c12-7-3-1-6(2-4-7)8-5-9(16)17-10(8)11(13,14)15/h1-4,8,10H,5H2. The molecule has 0 bridgehead atoms. The third-order valence-electron chi connectivity index (χ3n) is 2.63. The number of benzene rings is 1. The van der Waals surface area contributed by atoms with E-state index in [1.165, 1.54) is 12.1 Å². The van der Waals surface area contributed by atoms with E-state index in [0.717, 1.165) is 12.1 Å². The lowest BCUT2D eigenvalue weighted by Crippen LogP contribution is -2.32. The minimum absolute atomic E-state index is 0.250. The SMILES string of the molecule is O=C1CC(c2ccc(F)cc2)C(C(F)(F)F)O1. The minimum Gasteiger partial charge on any atom is -0.452 e. The zero-order valence-corrected chi connectivity index (χ0v) is 8.50. The number of alkyl halides is 3. The van der Waals surface area contributed by atoms with Crippen molar-refractivity contribution < 1.29 is 27.1 Å². The summed E-state index contributed by atoms with van der Waals surface area (Å²) in [7, 11) is 0. The first kappa shape index (κ1) is 11.9. The number of cyclic esters (lactones) is 1. The highest BCUT2D eigenvalue weighted by molar-refractivity contribution is 5.73. The van der Waals surface area contributed by atoms with Gasteiger partial charge in [-0.2, -0.15) is 13.2 Å². The number of carbonyl (C=O) groups is 1. The van der Waals surface area contributed by atoms with E-state index in [-0.39, 0.29) is 12.0 Å². The summed E-state index contributed by atoms with van der Waals surface area (Å²) in [5.74, 6) is -2.52. The molecule has 1 fully saturated rings. The molecule has 17 heavy (non-hydrogen) atoms. The molecule has 0 spiro atoms. The number of esters is 1. The monoisotopic (exact) mass is 248 g/mol. The van der Waals surface area contributed by atoms with E-state index in [0.29, 0.717) is 0 Å². The molecule has 0 aliphatic carbocycles. The second-order valence-electron chi connectivity index (χ2n) is 3.81. The van der Waals surface area contributed by atoms with Crippen LogP contribution < -0.4 is 0 Å². The van der Waals surface area contributed by atoms with Gasteiger partial charge in [0.05, 0.1) is 6.42 Å². The molecule has 1 aromatic carbocycles. The first-order valence-corrected chi connectivity index (χ1v) is 4.89. The normalized spacial score (nSPS) is 24.8. The number of rotatable bonds is 1. The maximum Gasteiger partial charge on any atom is 0.426 e. The lowest BCUT2D eigenvalue weighted by molar-refractivity contribution is -0.212. The van der Waals surface area contributed by atoms with Crippen LogP contribution in [0.2, 0.25) is 0 Å². The van der Waals surface area contributed by atoms with Crippen LogP contribution in [0, 0.1) is 5.82 Å². The summed E-state index contributed by atoms with van der Waals surface area (Å²) in [6, 6.07) is 4.60. The molecular weight excluding hydrogens is 240 g/mol. The van der Waals surface area contributed by atoms with Gasteiger partial charge in [0.2, 0.25) is 6.10 Å². The van der Waals surface area contributed by atoms with Crippen LogP contribution in [0.4, 0.5) is 17.6 Å². The van der Waals surface area contributed by atoms with Gasteiger partial charge >= 0.3 is 12.1 Å². The molecule has 1 aliphatic heterocycles. The quantitative estimate of drug-likeness (QED) is 0.564. The summed E-state index contributed by atoms with van der Waals surface area (Å²) in [6.45, 7) is 0. The van der Waals surface area contributed by atoms with Crippen LogP contribution in [0.15, 0.2) is 24.3 Å². The predicted octanol–water partition coefficient (Wildman–Crippen LogP) is 2.79. The number of hydrogen-bond donors (Lipinski definition) is 0. The van der Waals surface area contributed by atoms with Gasteiger partial charge in [-0.3, -0.25) is 4.79 Å². The molecule has 2 atom stereocenters. The highest BCUT2D eigenvalue weighted by Crippen LogP contribution is 2.40. The van der Waals surface area contributed by atoms with Crippen LogP contribution in [-0.4, -0.2) is 18.2 Å². The zero-order valence-electron chi connectivity index (χ0n) is 8.50. The Balaban J connectivity index is 2.30. The molecule has 2 rings (SSSR count). The van der Waals surface area contributed by atoms with Gasteiger partial charge in [-0.15, -0.1) is 0 Å². The molecule has 0 aromatic heterocycles. The Hall–Kier alpha value is -1.59. The van der Waals surface area contributed by atoms with E-state index in [9.17, 15) is 22.4 Å². The Morgan fingerprint density at radius 2 is 1.76 bits per heavy atom. The first-order valence-electron chi connectivity index (χ1n) is 4.89. The molecule has 6 heteroatoms. The van der Waals surface area contributed by atoms with Crippen LogP contribution in [0.1, 0.15) is 17.9 Å². The number of halogens is 4. The average Bonchev–Trinajstić information content (AvgIpc) is 2.61. The van der Waals surface area contributed by atoms with Gasteiger partial charge in [0.1, 0.15) is 5.82 Å². The molecule has 0 saturated carbocycles. The molecule has 1 aromatic rings. The molecule has 0 amide bonds. The fourth-order valence-electron chi connectivity index (χ4n) is 1.86. The third-order valence-corrected chi connectivity index (χ3v) is 2.63. The smallest absolute Gasteiger partial charge is 0.426 e. The third kappa shape index (κ3) is 2.40. The van der Waals surface area contributed by atoms with Crippen LogP contribution in [-0.2, 0) is 9.53 Å². The van der Waals surface area contributed by atoms with Gasteiger partial charge in [0.15, 0.2) is 0 Å². The van der Waals surface area contributed by atoms with Crippen LogP contribution >= 0.6 is 0 Å². The van der Waals surface area contributed by atoms with Crippen molar-refractivity contribution in [2.45, 2.75) is 24.6 Å². The topological polar surface area (TPSA) is 26.3 Å². The Bertz CT molecular complexity index is 424. The van der Waals surface area contributed by atoms with Crippen molar-refractivity contribution in [3.05, 3.63) is 35.6 Å². The van der Waals surface area contributed by atoms with Crippen LogP contribution in [0.5, 0.6) is 0 Å². The molecule has 2 nitrogen and oxygen atoms in total. The lowest BCUT2D eigenvalue weighted by Gasteiger charge is -2.20. The molecule has 1 heterocycles. The number of hydrogen-bond acceptors (Lipinski definition) is 2. The molecule has 0 N–H and O–H groups in total. The summed E-state index contributed by atoms with van der Waals surface area (Å²) in [5, 5.41) is 0. The van der Waals surface area contributed by atoms with E-state index in [4.69, 9.17) is 0 Å². The van der Waals surface area contributed by atoms with E-state index >= 15 is 0 Å². The van der Waals surface area contributed by atoms with Crippen molar-refractivity contribution in [2.24, 2.45) is 0 Å². The molecule has 0 radical (unpaired) electrons. The minimum atomic E-state index is -4.61. The van der Waals surface area contributed by atoms with Crippen molar-refractivity contribution in [1.82, 2.24) is 0 Å². The number of ether oxygens (including phenoxy) is 1. The highest BCUT2D eigenvalue weighted by Gasteiger charge is 2.52. The zero-order chi connectivity index (χ0) is 12.6. The van der Waals surface area contributed by atoms with E-state index in [2.05, 4.69) is 4.74 Å². The fraction of sp³-hybridized carbons (Fsp3) is 0.364. The van der Waals surface area contributed by atoms with Gasteiger partial charge < -0.3 is 4.74 Å². The second kappa shape index (κ2) is 4.01. The van der Waals surface area contributed by atoms with Crippen molar-refractivity contribution in [1.29, 1.82) is 0 Å². The fourth-order valence-corrected chi connectivity index (χ4v) is 1.86.